The first-order chi connectivity index (χ1) is 15.9. The minimum Gasteiger partial charge on any atom is -0.466 e. The van der Waals surface area contributed by atoms with Gasteiger partial charge in [0, 0.05) is 13.0 Å². The molecule has 1 heterocycles. The monoisotopic (exact) mass is 449 g/mol. The summed E-state index contributed by atoms with van der Waals surface area (Å²) in [5.41, 5.74) is 2.15. The molecule has 0 saturated carbocycles. The van der Waals surface area contributed by atoms with E-state index in [1.165, 1.54) is 0 Å². The Morgan fingerprint density at radius 3 is 2.48 bits per heavy atom. The standard InChI is InChI=1S/C26H31N3O4/c1-5-22(28(6-2)23(30)15-16-24(31)33-7-3)25-27-21-14-9-8-13-20(21)26(32)29(25)19-12-10-11-18(4)17-19/h8-14,17,22H,5-7,15-16H2,1-4H3. The highest BCUT2D eigenvalue weighted by atomic mass is 16.5. The third kappa shape index (κ3) is 5.30. The van der Waals surface area contributed by atoms with Gasteiger partial charge in [0.15, 0.2) is 0 Å². The van der Waals surface area contributed by atoms with Crippen molar-refractivity contribution in [3.63, 3.8) is 0 Å². The summed E-state index contributed by atoms with van der Waals surface area (Å²) < 4.78 is 6.58. The van der Waals surface area contributed by atoms with E-state index in [4.69, 9.17) is 9.72 Å². The van der Waals surface area contributed by atoms with Crippen molar-refractivity contribution in [2.24, 2.45) is 0 Å². The lowest BCUT2D eigenvalue weighted by Crippen LogP contribution is -2.38. The lowest BCUT2D eigenvalue weighted by atomic mass is 10.1. The SMILES string of the molecule is CCOC(=O)CCC(=O)N(CC)C(CC)c1nc2ccccc2c(=O)n1-c1cccc(C)c1. The third-order valence-corrected chi connectivity index (χ3v) is 5.63. The molecule has 0 N–H and O–H groups in total. The number of esters is 1. The molecule has 3 rings (SSSR count). The van der Waals surface area contributed by atoms with Crippen molar-refractivity contribution in [1.82, 2.24) is 14.5 Å². The molecule has 0 spiro atoms. The summed E-state index contributed by atoms with van der Waals surface area (Å²) in [4.78, 5) is 45.1. The minimum atomic E-state index is -0.428. The smallest absolute Gasteiger partial charge is 0.306 e. The van der Waals surface area contributed by atoms with Crippen LogP contribution >= 0.6 is 0 Å². The molecule has 0 aliphatic heterocycles. The number of carbonyl (C=O) groups is 2. The fraction of sp³-hybridized carbons (Fsp3) is 0.385. The second kappa shape index (κ2) is 10.9. The molecule has 0 bridgehead atoms. The lowest BCUT2D eigenvalue weighted by Gasteiger charge is -2.31. The van der Waals surface area contributed by atoms with Crippen LogP contribution in [0.1, 0.15) is 57.5 Å². The molecule has 1 unspecified atom stereocenters. The maximum absolute atomic E-state index is 13.6. The van der Waals surface area contributed by atoms with E-state index in [9.17, 15) is 14.4 Å². The maximum Gasteiger partial charge on any atom is 0.306 e. The van der Waals surface area contributed by atoms with E-state index in [1.54, 1.807) is 22.5 Å². The molecular weight excluding hydrogens is 418 g/mol. The van der Waals surface area contributed by atoms with Crippen LogP contribution in [0.25, 0.3) is 16.6 Å². The van der Waals surface area contributed by atoms with Crippen LogP contribution in [0.4, 0.5) is 0 Å². The van der Waals surface area contributed by atoms with Crippen LogP contribution in [-0.2, 0) is 14.3 Å². The molecule has 174 valence electrons. The molecule has 1 aromatic heterocycles. The Balaban J connectivity index is 2.12. The van der Waals surface area contributed by atoms with Gasteiger partial charge in [-0.2, -0.15) is 0 Å². The Kier molecular flexibility index (Phi) is 7.98. The fourth-order valence-corrected chi connectivity index (χ4v) is 4.09. The van der Waals surface area contributed by atoms with Crippen LogP contribution in [0.15, 0.2) is 53.3 Å². The van der Waals surface area contributed by atoms with E-state index in [1.807, 2.05) is 63.2 Å². The highest BCUT2D eigenvalue weighted by molar-refractivity contribution is 5.82. The number of aromatic nitrogens is 2. The van der Waals surface area contributed by atoms with Gasteiger partial charge in [-0.3, -0.25) is 19.0 Å². The minimum absolute atomic E-state index is 0.0233. The number of ether oxygens (including phenoxy) is 1. The summed E-state index contributed by atoms with van der Waals surface area (Å²) >= 11 is 0. The first-order valence-corrected chi connectivity index (χ1v) is 11.4. The summed E-state index contributed by atoms with van der Waals surface area (Å²) in [5.74, 6) is -0.0517. The second-order valence-electron chi connectivity index (χ2n) is 7.88. The van der Waals surface area contributed by atoms with Gasteiger partial charge in [-0.15, -0.1) is 0 Å². The molecule has 2 aromatic carbocycles. The van der Waals surface area contributed by atoms with Gasteiger partial charge in [0.2, 0.25) is 5.91 Å². The summed E-state index contributed by atoms with van der Waals surface area (Å²) in [6, 6.07) is 14.5. The molecule has 3 aromatic rings. The van der Waals surface area contributed by atoms with Crippen molar-refractivity contribution in [3.05, 3.63) is 70.3 Å². The maximum atomic E-state index is 13.6. The highest BCUT2D eigenvalue weighted by Gasteiger charge is 2.28. The Morgan fingerprint density at radius 2 is 1.82 bits per heavy atom. The molecule has 0 radical (unpaired) electrons. The van der Waals surface area contributed by atoms with Crippen LogP contribution in [0.2, 0.25) is 0 Å². The predicted octanol–water partition coefficient (Wildman–Crippen LogP) is 4.34. The van der Waals surface area contributed by atoms with Crippen molar-refractivity contribution in [1.29, 1.82) is 0 Å². The number of amides is 1. The first-order valence-electron chi connectivity index (χ1n) is 11.4. The van der Waals surface area contributed by atoms with Crippen LogP contribution < -0.4 is 5.56 Å². The number of hydrogen-bond acceptors (Lipinski definition) is 5. The summed E-state index contributed by atoms with van der Waals surface area (Å²) in [6.45, 7) is 8.27. The zero-order valence-electron chi connectivity index (χ0n) is 19.7. The first kappa shape index (κ1) is 24.2. The molecule has 7 nitrogen and oxygen atoms in total. The quantitative estimate of drug-likeness (QED) is 0.454. The zero-order valence-corrected chi connectivity index (χ0v) is 19.7. The van der Waals surface area contributed by atoms with Crippen molar-refractivity contribution < 1.29 is 14.3 Å². The molecule has 1 amide bonds. The van der Waals surface area contributed by atoms with E-state index in [-0.39, 0.29) is 30.9 Å². The summed E-state index contributed by atoms with van der Waals surface area (Å²) in [7, 11) is 0. The molecule has 7 heteroatoms. The van der Waals surface area contributed by atoms with Gasteiger partial charge in [-0.1, -0.05) is 31.2 Å². The van der Waals surface area contributed by atoms with Crippen LogP contribution in [0.3, 0.4) is 0 Å². The molecule has 33 heavy (non-hydrogen) atoms. The molecular formula is C26H31N3O4. The Labute approximate surface area is 194 Å². The zero-order chi connectivity index (χ0) is 24.0. The number of hydrogen-bond donors (Lipinski definition) is 0. The van der Waals surface area contributed by atoms with Crippen LogP contribution in [-0.4, -0.2) is 39.5 Å². The van der Waals surface area contributed by atoms with Crippen LogP contribution in [0.5, 0.6) is 0 Å². The topological polar surface area (TPSA) is 81.5 Å². The van der Waals surface area contributed by atoms with E-state index >= 15 is 0 Å². The second-order valence-corrected chi connectivity index (χ2v) is 7.88. The van der Waals surface area contributed by atoms with E-state index in [0.717, 1.165) is 5.56 Å². The number of carbonyl (C=O) groups excluding carboxylic acids is 2. The number of benzene rings is 2. The van der Waals surface area contributed by atoms with Gasteiger partial charge in [0.25, 0.3) is 5.56 Å². The van der Waals surface area contributed by atoms with E-state index in [0.29, 0.717) is 35.4 Å². The Morgan fingerprint density at radius 1 is 1.06 bits per heavy atom. The average Bonchev–Trinajstić information content (AvgIpc) is 2.81. The van der Waals surface area contributed by atoms with Gasteiger partial charge in [-0.05, 0) is 57.0 Å². The number of para-hydroxylation sites is 1. The van der Waals surface area contributed by atoms with Crippen molar-refractivity contribution in [2.75, 3.05) is 13.2 Å². The molecule has 0 saturated heterocycles. The summed E-state index contributed by atoms with van der Waals surface area (Å²) in [5, 5.41) is 0.522. The average molecular weight is 450 g/mol. The lowest BCUT2D eigenvalue weighted by molar-refractivity contribution is -0.146. The molecule has 0 aliphatic carbocycles. The van der Waals surface area contributed by atoms with Crippen molar-refractivity contribution >= 4 is 22.8 Å². The highest BCUT2D eigenvalue weighted by Crippen LogP contribution is 2.27. The number of aryl methyl sites for hydroxylation is 1. The molecule has 1 atom stereocenters. The number of rotatable bonds is 9. The Hall–Kier alpha value is -3.48. The van der Waals surface area contributed by atoms with E-state index < -0.39 is 12.0 Å². The number of fused-ring (bicyclic) bond motifs is 1. The van der Waals surface area contributed by atoms with Crippen molar-refractivity contribution in [2.45, 2.75) is 53.0 Å². The van der Waals surface area contributed by atoms with Gasteiger partial charge >= 0.3 is 5.97 Å². The molecule has 0 fully saturated rings. The van der Waals surface area contributed by atoms with Crippen LogP contribution in [0, 0.1) is 6.92 Å². The Bertz CT molecular complexity index is 1200. The summed E-state index contributed by atoms with van der Waals surface area (Å²) in [6.07, 6.45) is 0.635. The van der Waals surface area contributed by atoms with Gasteiger partial charge in [0.05, 0.1) is 35.7 Å². The third-order valence-electron chi connectivity index (χ3n) is 5.63. The largest absolute Gasteiger partial charge is 0.466 e. The fourth-order valence-electron chi connectivity index (χ4n) is 4.09. The van der Waals surface area contributed by atoms with E-state index in [2.05, 4.69) is 0 Å². The van der Waals surface area contributed by atoms with Crippen molar-refractivity contribution in [3.8, 4) is 5.69 Å². The van der Waals surface area contributed by atoms with Gasteiger partial charge in [-0.25, -0.2) is 4.98 Å². The van der Waals surface area contributed by atoms with Gasteiger partial charge < -0.3 is 9.64 Å². The van der Waals surface area contributed by atoms with Gasteiger partial charge in [0.1, 0.15) is 5.82 Å². The normalized spacial score (nSPS) is 11.9. The predicted molar refractivity (Wildman–Crippen MR) is 128 cm³/mol. The molecule has 0 aliphatic rings. The number of nitrogens with zero attached hydrogens (tertiary/aromatic N) is 3.